The number of rotatable bonds is 5. The molecule has 0 saturated carbocycles. The molecular weight excluding hydrogens is 345 g/mol. The lowest BCUT2D eigenvalue weighted by molar-refractivity contribution is -0.138. The van der Waals surface area contributed by atoms with Gasteiger partial charge >= 0.3 is 6.18 Å². The maximum Gasteiger partial charge on any atom is 0.417 e. The van der Waals surface area contributed by atoms with Gasteiger partial charge in [0.25, 0.3) is 0 Å². The minimum atomic E-state index is -4.31. The number of aryl methyl sites for hydroxylation is 1. The molecule has 1 atom stereocenters. The summed E-state index contributed by atoms with van der Waals surface area (Å²) in [6, 6.07) is 6.19. The summed E-state index contributed by atoms with van der Waals surface area (Å²) in [6.07, 6.45) is 0.0888. The third kappa shape index (κ3) is 4.33. The molecule has 0 spiro atoms. The zero-order chi connectivity index (χ0) is 15.5. The largest absolute Gasteiger partial charge is 0.417 e. The lowest BCUT2D eigenvalue weighted by atomic mass is 9.98. The van der Waals surface area contributed by atoms with Gasteiger partial charge in [-0.05, 0) is 43.0 Å². The van der Waals surface area contributed by atoms with Crippen LogP contribution in [0.3, 0.4) is 0 Å². The second-order valence-electron chi connectivity index (χ2n) is 5.10. The number of halogens is 4. The first-order valence-electron chi connectivity index (χ1n) is 6.73. The van der Waals surface area contributed by atoms with Gasteiger partial charge in [-0.25, -0.2) is 0 Å². The van der Waals surface area contributed by atoms with Crippen LogP contribution in [0.4, 0.5) is 13.2 Å². The lowest BCUT2D eigenvalue weighted by Gasteiger charge is -2.11. The van der Waals surface area contributed by atoms with E-state index in [4.69, 9.17) is 0 Å². The summed E-state index contributed by atoms with van der Waals surface area (Å²) >= 11 is 3.00. The molecule has 0 radical (unpaired) electrons. The summed E-state index contributed by atoms with van der Waals surface area (Å²) in [4.78, 5) is 0. The van der Waals surface area contributed by atoms with Gasteiger partial charge in [-0.2, -0.15) is 18.3 Å². The van der Waals surface area contributed by atoms with E-state index in [-0.39, 0.29) is 4.47 Å². The Labute approximate surface area is 129 Å². The third-order valence-electron chi connectivity index (χ3n) is 3.47. The Morgan fingerprint density at radius 3 is 2.62 bits per heavy atom. The Kier molecular flexibility index (Phi) is 5.08. The standard InChI is InChI=1S/C15H16BrF3N2/c1-10(14-7-8-20-21-14)3-2-4-11-5-6-12(13(16)9-11)15(17,18)19/h5-10H,2-4H2,1H3,(H,20,21). The van der Waals surface area contributed by atoms with Crippen LogP contribution in [0.2, 0.25) is 0 Å². The van der Waals surface area contributed by atoms with E-state index in [1.165, 1.54) is 0 Å². The highest BCUT2D eigenvalue weighted by Crippen LogP contribution is 2.35. The number of alkyl halides is 3. The highest BCUT2D eigenvalue weighted by Gasteiger charge is 2.32. The predicted octanol–water partition coefficient (Wildman–Crippen LogP) is 5.32. The summed E-state index contributed by atoms with van der Waals surface area (Å²) in [7, 11) is 0. The molecule has 2 nitrogen and oxygen atoms in total. The Hall–Kier alpha value is -1.30. The first kappa shape index (κ1) is 16.1. The minimum absolute atomic E-state index is 0.104. The molecule has 114 valence electrons. The van der Waals surface area contributed by atoms with Crippen molar-refractivity contribution in [2.75, 3.05) is 0 Å². The SMILES string of the molecule is CC(CCCc1ccc(C(F)(F)F)c(Br)c1)c1cc[nH]n1. The van der Waals surface area contributed by atoms with Crippen LogP contribution in [0, 0.1) is 0 Å². The molecule has 1 unspecified atom stereocenters. The van der Waals surface area contributed by atoms with Crippen molar-refractivity contribution in [3.8, 4) is 0 Å². The van der Waals surface area contributed by atoms with Crippen molar-refractivity contribution >= 4 is 15.9 Å². The topological polar surface area (TPSA) is 28.7 Å². The van der Waals surface area contributed by atoms with Crippen LogP contribution in [0.5, 0.6) is 0 Å². The van der Waals surface area contributed by atoms with E-state index < -0.39 is 11.7 Å². The van der Waals surface area contributed by atoms with Crippen molar-refractivity contribution < 1.29 is 13.2 Å². The Morgan fingerprint density at radius 1 is 1.29 bits per heavy atom. The smallest absolute Gasteiger partial charge is 0.285 e. The van der Waals surface area contributed by atoms with E-state index in [1.807, 2.05) is 6.07 Å². The molecule has 2 rings (SSSR count). The van der Waals surface area contributed by atoms with Crippen LogP contribution in [0.1, 0.15) is 42.5 Å². The summed E-state index contributed by atoms with van der Waals surface area (Å²) in [5.41, 5.74) is 1.30. The fraction of sp³-hybridized carbons (Fsp3) is 0.400. The monoisotopic (exact) mass is 360 g/mol. The van der Waals surface area contributed by atoms with Crippen molar-refractivity contribution in [3.05, 3.63) is 51.8 Å². The molecule has 0 fully saturated rings. The fourth-order valence-electron chi connectivity index (χ4n) is 2.25. The highest BCUT2D eigenvalue weighted by atomic mass is 79.9. The summed E-state index contributed by atoms with van der Waals surface area (Å²) in [5, 5.41) is 6.92. The molecule has 21 heavy (non-hydrogen) atoms. The Bertz CT molecular complexity index is 579. The van der Waals surface area contributed by atoms with E-state index in [9.17, 15) is 13.2 Å². The van der Waals surface area contributed by atoms with Gasteiger partial charge in [-0.1, -0.05) is 28.9 Å². The number of aromatic nitrogens is 2. The molecule has 6 heteroatoms. The molecule has 0 bridgehead atoms. The first-order valence-corrected chi connectivity index (χ1v) is 7.52. The molecule has 1 aromatic carbocycles. The average molecular weight is 361 g/mol. The van der Waals surface area contributed by atoms with Crippen LogP contribution in [0.15, 0.2) is 34.9 Å². The van der Waals surface area contributed by atoms with Gasteiger partial charge in [0.2, 0.25) is 0 Å². The van der Waals surface area contributed by atoms with Crippen molar-refractivity contribution in [2.24, 2.45) is 0 Å². The highest BCUT2D eigenvalue weighted by molar-refractivity contribution is 9.10. The number of benzene rings is 1. The Balaban J connectivity index is 1.91. The molecule has 0 aliphatic carbocycles. The predicted molar refractivity (Wildman–Crippen MR) is 79.1 cm³/mol. The molecule has 1 heterocycles. The van der Waals surface area contributed by atoms with Crippen LogP contribution >= 0.6 is 15.9 Å². The van der Waals surface area contributed by atoms with Crippen LogP contribution in [-0.4, -0.2) is 10.2 Å². The summed E-state index contributed by atoms with van der Waals surface area (Å²) < 4.78 is 38.1. The van der Waals surface area contributed by atoms with Gasteiger partial charge in [0, 0.05) is 16.6 Å². The second kappa shape index (κ2) is 6.64. The maximum absolute atomic E-state index is 12.7. The molecule has 0 amide bonds. The minimum Gasteiger partial charge on any atom is -0.285 e. The van der Waals surface area contributed by atoms with Crippen LogP contribution in [0.25, 0.3) is 0 Å². The molecule has 0 aliphatic rings. The molecular formula is C15H16BrF3N2. The summed E-state index contributed by atoms with van der Waals surface area (Å²) in [6.45, 7) is 2.10. The van der Waals surface area contributed by atoms with Gasteiger partial charge in [0.1, 0.15) is 0 Å². The number of hydrogen-bond donors (Lipinski definition) is 1. The quantitative estimate of drug-likeness (QED) is 0.768. The Morgan fingerprint density at radius 2 is 2.05 bits per heavy atom. The van der Waals surface area contributed by atoms with Gasteiger partial charge in [-0.15, -0.1) is 0 Å². The van der Waals surface area contributed by atoms with Crippen molar-refractivity contribution in [2.45, 2.75) is 38.3 Å². The number of nitrogens with one attached hydrogen (secondary N) is 1. The van der Waals surface area contributed by atoms with E-state index >= 15 is 0 Å². The third-order valence-corrected chi connectivity index (χ3v) is 4.12. The van der Waals surface area contributed by atoms with E-state index in [1.54, 1.807) is 18.3 Å². The van der Waals surface area contributed by atoms with Gasteiger partial charge in [-0.3, -0.25) is 5.10 Å². The first-order chi connectivity index (χ1) is 9.88. The van der Waals surface area contributed by atoms with Crippen molar-refractivity contribution in [1.29, 1.82) is 0 Å². The van der Waals surface area contributed by atoms with E-state index in [0.717, 1.165) is 36.6 Å². The number of nitrogens with zero attached hydrogens (tertiary/aromatic N) is 1. The van der Waals surface area contributed by atoms with Gasteiger partial charge in [0.05, 0.1) is 11.3 Å². The molecule has 1 aromatic heterocycles. The zero-order valence-electron chi connectivity index (χ0n) is 11.5. The molecule has 0 aliphatic heterocycles. The molecule has 2 aromatic rings. The van der Waals surface area contributed by atoms with Gasteiger partial charge in [0.15, 0.2) is 0 Å². The maximum atomic E-state index is 12.7. The number of aromatic amines is 1. The average Bonchev–Trinajstić information content (AvgIpc) is 2.91. The lowest BCUT2D eigenvalue weighted by Crippen LogP contribution is -2.06. The van der Waals surface area contributed by atoms with Gasteiger partial charge < -0.3 is 0 Å². The normalized spacial score (nSPS) is 13.4. The molecule has 0 saturated heterocycles. The summed E-state index contributed by atoms with van der Waals surface area (Å²) in [5.74, 6) is 0.342. The number of hydrogen-bond acceptors (Lipinski definition) is 1. The fourth-order valence-corrected chi connectivity index (χ4v) is 2.90. The second-order valence-corrected chi connectivity index (χ2v) is 5.96. The van der Waals surface area contributed by atoms with E-state index in [0.29, 0.717) is 5.92 Å². The van der Waals surface area contributed by atoms with E-state index in [2.05, 4.69) is 33.1 Å². The van der Waals surface area contributed by atoms with Crippen LogP contribution in [-0.2, 0) is 12.6 Å². The van der Waals surface area contributed by atoms with Crippen LogP contribution < -0.4 is 0 Å². The van der Waals surface area contributed by atoms with Crippen molar-refractivity contribution in [3.63, 3.8) is 0 Å². The zero-order valence-corrected chi connectivity index (χ0v) is 13.1. The molecule has 1 N–H and O–H groups in total. The number of H-pyrrole nitrogens is 1. The van der Waals surface area contributed by atoms with Crippen molar-refractivity contribution in [1.82, 2.24) is 10.2 Å².